The van der Waals surface area contributed by atoms with Crippen LogP contribution in [0.3, 0.4) is 0 Å². The molecule has 5 nitrogen and oxygen atoms in total. The number of likely N-dealkylation sites (tertiary alicyclic amines) is 1. The van der Waals surface area contributed by atoms with Crippen molar-refractivity contribution in [2.75, 3.05) is 18.9 Å². The summed E-state index contributed by atoms with van der Waals surface area (Å²) in [5.41, 5.74) is 0.673. The molecule has 2 aromatic carbocycles. The van der Waals surface area contributed by atoms with Crippen molar-refractivity contribution in [3.05, 3.63) is 59.4 Å². The summed E-state index contributed by atoms with van der Waals surface area (Å²) in [5.74, 6) is -4.24. The van der Waals surface area contributed by atoms with Crippen LogP contribution >= 0.6 is 0 Å². The lowest BCUT2D eigenvalue weighted by atomic mass is 9.87. The lowest BCUT2D eigenvalue weighted by Gasteiger charge is -2.20. The first-order valence-electron chi connectivity index (χ1n) is 9.27. The Labute approximate surface area is 174 Å². The SMILES string of the molecule is Cc1c(F)cccc1NC(=O)[C@H]1C(=O)N(C)C[C@@H]1c1cccc(OC(F)(F)C(F)F)c1. The number of carbonyl (C=O) groups excluding carboxylic acids is 2. The Hall–Kier alpha value is -3.17. The minimum Gasteiger partial charge on any atom is -0.428 e. The molecule has 2 aromatic rings. The van der Waals surface area contributed by atoms with Gasteiger partial charge in [0, 0.05) is 30.8 Å². The molecule has 2 amide bonds. The topological polar surface area (TPSA) is 58.6 Å². The van der Waals surface area contributed by atoms with Crippen molar-refractivity contribution in [1.82, 2.24) is 4.90 Å². The van der Waals surface area contributed by atoms with Crippen LogP contribution in [0.1, 0.15) is 17.0 Å². The molecule has 0 spiro atoms. The molecule has 1 aliphatic heterocycles. The van der Waals surface area contributed by atoms with E-state index in [9.17, 15) is 31.5 Å². The zero-order valence-electron chi connectivity index (χ0n) is 16.5. The highest BCUT2D eigenvalue weighted by atomic mass is 19.3. The van der Waals surface area contributed by atoms with Crippen LogP contribution in [0, 0.1) is 18.7 Å². The summed E-state index contributed by atoms with van der Waals surface area (Å²) in [4.78, 5) is 26.8. The Morgan fingerprint density at radius 2 is 1.90 bits per heavy atom. The van der Waals surface area contributed by atoms with E-state index >= 15 is 0 Å². The third kappa shape index (κ3) is 4.62. The fraction of sp³-hybridized carbons (Fsp3) is 0.333. The second-order valence-corrected chi connectivity index (χ2v) is 7.24. The molecule has 31 heavy (non-hydrogen) atoms. The minimum absolute atomic E-state index is 0.0910. The number of nitrogens with zero attached hydrogens (tertiary/aromatic N) is 1. The molecule has 1 N–H and O–H groups in total. The van der Waals surface area contributed by atoms with Crippen LogP contribution in [0.4, 0.5) is 27.6 Å². The quantitative estimate of drug-likeness (QED) is 0.540. The van der Waals surface area contributed by atoms with E-state index in [0.717, 1.165) is 12.1 Å². The van der Waals surface area contributed by atoms with Gasteiger partial charge in [-0.05, 0) is 36.8 Å². The number of anilines is 1. The first-order valence-corrected chi connectivity index (χ1v) is 9.27. The molecule has 3 rings (SSSR count). The fourth-order valence-electron chi connectivity index (χ4n) is 3.46. The van der Waals surface area contributed by atoms with Crippen LogP contribution in [0.5, 0.6) is 5.75 Å². The van der Waals surface area contributed by atoms with Crippen molar-refractivity contribution >= 4 is 17.5 Å². The highest BCUT2D eigenvalue weighted by Crippen LogP contribution is 2.37. The smallest absolute Gasteiger partial charge is 0.428 e. The number of hydrogen-bond acceptors (Lipinski definition) is 3. The van der Waals surface area contributed by atoms with Gasteiger partial charge in [0.1, 0.15) is 17.5 Å². The van der Waals surface area contributed by atoms with E-state index in [2.05, 4.69) is 10.1 Å². The van der Waals surface area contributed by atoms with E-state index in [0.29, 0.717) is 0 Å². The number of benzene rings is 2. The van der Waals surface area contributed by atoms with Gasteiger partial charge in [-0.1, -0.05) is 18.2 Å². The first-order chi connectivity index (χ1) is 14.5. The summed E-state index contributed by atoms with van der Waals surface area (Å²) in [5, 5.41) is 2.53. The van der Waals surface area contributed by atoms with Crippen molar-refractivity contribution in [3.8, 4) is 5.75 Å². The van der Waals surface area contributed by atoms with Crippen molar-refractivity contribution in [3.63, 3.8) is 0 Å². The summed E-state index contributed by atoms with van der Waals surface area (Å²) in [6, 6.07) is 9.08. The number of rotatable bonds is 6. The predicted octanol–water partition coefficient (Wildman–Crippen LogP) is 4.18. The maximum Gasteiger partial charge on any atom is 0.461 e. The molecule has 1 heterocycles. The molecular formula is C21H19F5N2O3. The van der Waals surface area contributed by atoms with Crippen molar-refractivity contribution in [1.29, 1.82) is 0 Å². The van der Waals surface area contributed by atoms with Crippen molar-refractivity contribution in [2.45, 2.75) is 25.4 Å². The average molecular weight is 442 g/mol. The molecule has 0 aromatic heterocycles. The number of alkyl halides is 4. The number of nitrogens with one attached hydrogen (secondary N) is 1. The van der Waals surface area contributed by atoms with Gasteiger partial charge in [0.15, 0.2) is 0 Å². The van der Waals surface area contributed by atoms with Gasteiger partial charge in [-0.2, -0.15) is 17.6 Å². The summed E-state index contributed by atoms with van der Waals surface area (Å²) in [6.07, 6.45) is -8.71. The molecule has 1 aliphatic rings. The van der Waals surface area contributed by atoms with Gasteiger partial charge >= 0.3 is 12.5 Å². The Morgan fingerprint density at radius 1 is 1.23 bits per heavy atom. The van der Waals surface area contributed by atoms with Crippen LogP contribution < -0.4 is 10.1 Å². The zero-order chi connectivity index (χ0) is 22.9. The van der Waals surface area contributed by atoms with E-state index < -0.39 is 47.8 Å². The number of halogens is 5. The molecule has 2 atom stereocenters. The normalized spacial score (nSPS) is 19.1. The molecule has 0 unspecified atom stereocenters. The maximum atomic E-state index is 13.8. The fourth-order valence-corrected chi connectivity index (χ4v) is 3.46. The van der Waals surface area contributed by atoms with Gasteiger partial charge in [0.05, 0.1) is 0 Å². The van der Waals surface area contributed by atoms with Gasteiger partial charge in [-0.25, -0.2) is 4.39 Å². The van der Waals surface area contributed by atoms with Crippen LogP contribution in [0.15, 0.2) is 42.5 Å². The number of hydrogen-bond donors (Lipinski definition) is 1. The van der Waals surface area contributed by atoms with Gasteiger partial charge in [0.25, 0.3) is 0 Å². The standard InChI is InChI=1S/C21H19F5N2O3/c1-11-15(22)7-4-8-16(11)27-18(29)17-14(10-28(2)19(17)30)12-5-3-6-13(9-12)31-21(25,26)20(23)24/h3-9,14,17,20H,10H2,1-2H3,(H,27,29)/t14-,17+/m1/s1. The predicted molar refractivity (Wildman–Crippen MR) is 102 cm³/mol. The summed E-state index contributed by atoms with van der Waals surface area (Å²) < 4.78 is 69.3. The number of ether oxygens (including phenoxy) is 1. The molecule has 166 valence electrons. The van der Waals surface area contributed by atoms with Crippen LogP contribution in [0.25, 0.3) is 0 Å². The molecule has 0 aliphatic carbocycles. The van der Waals surface area contributed by atoms with Gasteiger partial charge < -0.3 is 15.0 Å². The van der Waals surface area contributed by atoms with E-state index in [-0.39, 0.29) is 23.4 Å². The third-order valence-electron chi connectivity index (χ3n) is 5.12. The second kappa shape index (κ2) is 8.52. The van der Waals surface area contributed by atoms with E-state index in [1.807, 2.05) is 0 Å². The van der Waals surface area contributed by atoms with Gasteiger partial charge in [0.2, 0.25) is 11.8 Å². The molecule has 10 heteroatoms. The summed E-state index contributed by atoms with van der Waals surface area (Å²) >= 11 is 0. The first kappa shape index (κ1) is 22.5. The van der Waals surface area contributed by atoms with E-state index in [1.54, 1.807) is 0 Å². The lowest BCUT2D eigenvalue weighted by molar-refractivity contribution is -0.253. The van der Waals surface area contributed by atoms with Gasteiger partial charge in [-0.3, -0.25) is 9.59 Å². The summed E-state index contributed by atoms with van der Waals surface area (Å²) in [7, 11) is 1.47. The van der Waals surface area contributed by atoms with Crippen LogP contribution in [-0.4, -0.2) is 42.8 Å². The van der Waals surface area contributed by atoms with Crippen molar-refractivity contribution in [2.24, 2.45) is 5.92 Å². The Kier molecular flexibility index (Phi) is 6.19. The molecule has 0 radical (unpaired) electrons. The van der Waals surface area contributed by atoms with Crippen molar-refractivity contribution < 1.29 is 36.3 Å². The molecule has 1 fully saturated rings. The zero-order valence-corrected chi connectivity index (χ0v) is 16.5. The Balaban J connectivity index is 1.88. The monoisotopic (exact) mass is 442 g/mol. The highest BCUT2D eigenvalue weighted by Gasteiger charge is 2.46. The van der Waals surface area contributed by atoms with Gasteiger partial charge in [-0.15, -0.1) is 0 Å². The number of carbonyl (C=O) groups is 2. The maximum absolute atomic E-state index is 13.8. The lowest BCUT2D eigenvalue weighted by Crippen LogP contribution is -2.33. The van der Waals surface area contributed by atoms with Crippen LogP contribution in [-0.2, 0) is 9.59 Å². The average Bonchev–Trinajstić information content (AvgIpc) is 3.00. The molecule has 0 bridgehead atoms. The Morgan fingerprint density at radius 3 is 2.58 bits per heavy atom. The summed E-state index contributed by atoms with van der Waals surface area (Å²) in [6.45, 7) is 1.56. The molecular weight excluding hydrogens is 423 g/mol. The van der Waals surface area contributed by atoms with Crippen LogP contribution in [0.2, 0.25) is 0 Å². The largest absolute Gasteiger partial charge is 0.461 e. The minimum atomic E-state index is -4.69. The van der Waals surface area contributed by atoms with E-state index in [4.69, 9.17) is 0 Å². The highest BCUT2D eigenvalue weighted by molar-refractivity contribution is 6.08. The number of likely N-dealkylation sites (N-methyl/N-ethyl adjacent to an activating group) is 1. The molecule has 0 saturated carbocycles. The van der Waals surface area contributed by atoms with E-state index in [1.165, 1.54) is 49.2 Å². The molecule has 1 saturated heterocycles. The Bertz CT molecular complexity index is 999. The second-order valence-electron chi connectivity index (χ2n) is 7.24. The third-order valence-corrected chi connectivity index (χ3v) is 5.12. The number of amides is 2.